The number of esters is 1. The molecule has 1 aliphatic heterocycles. The summed E-state index contributed by atoms with van der Waals surface area (Å²) < 4.78 is 16.0. The number of hydrogen-bond donors (Lipinski definition) is 1. The second-order valence-corrected chi connectivity index (χ2v) is 6.86. The summed E-state index contributed by atoms with van der Waals surface area (Å²) in [5.41, 5.74) is -0.874. The first-order chi connectivity index (χ1) is 9.00. The zero-order valence-electron chi connectivity index (χ0n) is 13.1. The fourth-order valence-electron chi connectivity index (χ4n) is 1.58. The molecule has 0 spiro atoms. The van der Waals surface area contributed by atoms with Crippen molar-refractivity contribution in [1.82, 2.24) is 5.32 Å². The van der Waals surface area contributed by atoms with Crippen molar-refractivity contribution in [2.75, 3.05) is 0 Å². The van der Waals surface area contributed by atoms with Gasteiger partial charge in [-0.3, -0.25) is 10.1 Å². The van der Waals surface area contributed by atoms with Crippen LogP contribution in [0.25, 0.3) is 0 Å². The third-order valence-electron chi connectivity index (χ3n) is 2.27. The highest BCUT2D eigenvalue weighted by atomic mass is 16.8. The van der Waals surface area contributed by atoms with Crippen molar-refractivity contribution in [3.8, 4) is 0 Å². The molecule has 0 radical (unpaired) electrons. The number of aldehydes is 1. The number of carbonyl (C=O) groups is 2. The van der Waals surface area contributed by atoms with Crippen molar-refractivity contribution in [2.45, 2.75) is 77.7 Å². The summed E-state index contributed by atoms with van der Waals surface area (Å²) in [6.07, 6.45) is -0.0780. The lowest BCUT2D eigenvalue weighted by Crippen LogP contribution is -2.38. The van der Waals surface area contributed by atoms with Crippen LogP contribution in [-0.4, -0.2) is 42.0 Å². The topological polar surface area (TPSA) is 77.2 Å². The zero-order valence-corrected chi connectivity index (χ0v) is 13.1. The molecule has 3 atom stereocenters. The molecular weight excluding hydrogens is 262 g/mol. The molecule has 0 amide bonds. The monoisotopic (exact) mass is 287 g/mol. The fraction of sp³-hybridized carbons (Fsp3) is 0.857. The van der Waals surface area contributed by atoms with Gasteiger partial charge in [-0.15, -0.1) is 0 Å². The van der Waals surface area contributed by atoms with Gasteiger partial charge >= 0.3 is 5.97 Å². The van der Waals surface area contributed by atoms with E-state index in [-0.39, 0.29) is 24.5 Å². The standard InChI is InChI=1S/C14H25NO5/c1-13(2,3)19-10(17)7-9(8-16)15-11-12(18-11)20-14(4,5)6/h8-9,11-12,15H,7H2,1-6H3/t9-,11?,12?/m0/s1. The lowest BCUT2D eigenvalue weighted by molar-refractivity contribution is -0.155. The first-order valence-electron chi connectivity index (χ1n) is 6.77. The minimum absolute atomic E-state index is 0.0249. The lowest BCUT2D eigenvalue weighted by atomic mass is 10.2. The van der Waals surface area contributed by atoms with Crippen molar-refractivity contribution >= 4 is 12.3 Å². The highest BCUT2D eigenvalue weighted by molar-refractivity contribution is 5.75. The molecule has 1 fully saturated rings. The quantitative estimate of drug-likeness (QED) is 0.452. The van der Waals surface area contributed by atoms with E-state index >= 15 is 0 Å². The van der Waals surface area contributed by atoms with Crippen molar-refractivity contribution in [3.05, 3.63) is 0 Å². The fourth-order valence-corrected chi connectivity index (χ4v) is 1.58. The molecule has 20 heavy (non-hydrogen) atoms. The molecule has 0 bridgehead atoms. The van der Waals surface area contributed by atoms with Crippen LogP contribution in [0.3, 0.4) is 0 Å². The summed E-state index contributed by atoms with van der Waals surface area (Å²) in [5, 5.41) is 2.91. The van der Waals surface area contributed by atoms with Crippen LogP contribution >= 0.6 is 0 Å². The Labute approximate surface area is 120 Å². The van der Waals surface area contributed by atoms with Gasteiger partial charge < -0.3 is 19.0 Å². The van der Waals surface area contributed by atoms with Gasteiger partial charge in [-0.05, 0) is 41.5 Å². The Balaban J connectivity index is 2.35. The van der Waals surface area contributed by atoms with Gasteiger partial charge in [0, 0.05) is 0 Å². The summed E-state index contributed by atoms with van der Waals surface area (Å²) in [5.74, 6) is -0.420. The van der Waals surface area contributed by atoms with E-state index in [9.17, 15) is 9.59 Å². The molecule has 1 heterocycles. The van der Waals surface area contributed by atoms with Gasteiger partial charge in [0.2, 0.25) is 0 Å². The number of rotatable bonds is 6. The van der Waals surface area contributed by atoms with Crippen LogP contribution in [0.4, 0.5) is 0 Å². The number of carbonyl (C=O) groups excluding carboxylic acids is 2. The maximum atomic E-state index is 11.6. The smallest absolute Gasteiger partial charge is 0.308 e. The van der Waals surface area contributed by atoms with Gasteiger partial charge in [0.1, 0.15) is 11.9 Å². The van der Waals surface area contributed by atoms with Crippen LogP contribution in [0.2, 0.25) is 0 Å². The van der Waals surface area contributed by atoms with Gasteiger partial charge in [0.05, 0.1) is 18.1 Å². The molecular formula is C14H25NO5. The Morgan fingerprint density at radius 3 is 2.30 bits per heavy atom. The van der Waals surface area contributed by atoms with Crippen molar-refractivity contribution in [1.29, 1.82) is 0 Å². The molecule has 0 aliphatic carbocycles. The van der Waals surface area contributed by atoms with Crippen molar-refractivity contribution < 1.29 is 23.8 Å². The van der Waals surface area contributed by atoms with E-state index in [2.05, 4.69) is 5.32 Å². The number of nitrogens with one attached hydrogen (secondary N) is 1. The summed E-state index contributed by atoms with van der Waals surface area (Å²) >= 11 is 0. The normalized spacial score (nSPS) is 24.1. The molecule has 1 aliphatic rings. The van der Waals surface area contributed by atoms with Crippen LogP contribution < -0.4 is 5.32 Å². The van der Waals surface area contributed by atoms with Crippen molar-refractivity contribution in [2.24, 2.45) is 0 Å². The van der Waals surface area contributed by atoms with Crippen LogP contribution in [0, 0.1) is 0 Å². The average Bonchev–Trinajstić information content (AvgIpc) is 2.89. The van der Waals surface area contributed by atoms with Crippen LogP contribution in [0.15, 0.2) is 0 Å². The molecule has 0 saturated carbocycles. The number of ether oxygens (including phenoxy) is 3. The average molecular weight is 287 g/mol. The second kappa shape index (κ2) is 6.20. The Kier molecular flexibility index (Phi) is 5.29. The summed E-state index contributed by atoms with van der Waals surface area (Å²) in [7, 11) is 0. The highest BCUT2D eigenvalue weighted by Gasteiger charge is 2.44. The lowest BCUT2D eigenvalue weighted by Gasteiger charge is -2.21. The molecule has 0 aromatic rings. The van der Waals surface area contributed by atoms with E-state index in [0.717, 1.165) is 0 Å². The Bertz CT molecular complexity index is 356. The molecule has 2 unspecified atom stereocenters. The predicted octanol–water partition coefficient (Wildman–Crippen LogP) is 1.37. The summed E-state index contributed by atoms with van der Waals surface area (Å²) in [4.78, 5) is 22.6. The van der Waals surface area contributed by atoms with Gasteiger partial charge in [-0.1, -0.05) is 0 Å². The number of hydrogen-bond acceptors (Lipinski definition) is 6. The predicted molar refractivity (Wildman–Crippen MR) is 72.9 cm³/mol. The Hall–Kier alpha value is -0.980. The minimum Gasteiger partial charge on any atom is -0.460 e. The van der Waals surface area contributed by atoms with Gasteiger partial charge in [0.25, 0.3) is 0 Å². The van der Waals surface area contributed by atoms with Gasteiger partial charge in [-0.25, -0.2) is 0 Å². The first kappa shape index (κ1) is 17.1. The SMILES string of the molecule is CC(C)(C)OC(=O)C[C@@H](C=O)NC1OC1OC(C)(C)C. The molecule has 6 nitrogen and oxygen atoms in total. The third kappa shape index (κ3) is 6.98. The van der Waals surface area contributed by atoms with E-state index in [1.54, 1.807) is 20.8 Å². The Morgan fingerprint density at radius 1 is 1.25 bits per heavy atom. The molecule has 1 N–H and O–H groups in total. The number of epoxide rings is 1. The zero-order chi connectivity index (χ0) is 15.6. The third-order valence-corrected chi connectivity index (χ3v) is 2.27. The maximum absolute atomic E-state index is 11.6. The van der Waals surface area contributed by atoms with Gasteiger partial charge in [-0.2, -0.15) is 0 Å². The highest BCUT2D eigenvalue weighted by Crippen LogP contribution is 2.26. The van der Waals surface area contributed by atoms with E-state index in [1.807, 2.05) is 20.8 Å². The summed E-state index contributed by atoms with van der Waals surface area (Å²) in [6.45, 7) is 11.1. The molecule has 116 valence electrons. The second-order valence-electron chi connectivity index (χ2n) is 6.86. The first-order valence-corrected chi connectivity index (χ1v) is 6.77. The van der Waals surface area contributed by atoms with Crippen LogP contribution in [0.1, 0.15) is 48.0 Å². The molecule has 1 saturated heterocycles. The van der Waals surface area contributed by atoms with Crippen LogP contribution in [0.5, 0.6) is 0 Å². The minimum atomic E-state index is -0.636. The van der Waals surface area contributed by atoms with E-state index in [4.69, 9.17) is 14.2 Å². The van der Waals surface area contributed by atoms with E-state index in [1.165, 1.54) is 0 Å². The summed E-state index contributed by atoms with van der Waals surface area (Å²) in [6, 6.07) is -0.636. The molecule has 0 aromatic heterocycles. The largest absolute Gasteiger partial charge is 0.460 e. The maximum Gasteiger partial charge on any atom is 0.308 e. The van der Waals surface area contributed by atoms with Gasteiger partial charge in [0.15, 0.2) is 12.5 Å². The molecule has 1 rings (SSSR count). The Morgan fingerprint density at radius 2 is 1.85 bits per heavy atom. The molecule has 0 aromatic carbocycles. The van der Waals surface area contributed by atoms with E-state index < -0.39 is 17.6 Å². The van der Waals surface area contributed by atoms with Crippen molar-refractivity contribution in [3.63, 3.8) is 0 Å². The molecule has 6 heteroatoms. The van der Waals surface area contributed by atoms with E-state index in [0.29, 0.717) is 6.29 Å². The van der Waals surface area contributed by atoms with Crippen LogP contribution in [-0.2, 0) is 23.8 Å².